The average Bonchev–Trinajstić information content (AvgIpc) is 2.58. The number of ether oxygens (including phenoxy) is 2. The van der Waals surface area contributed by atoms with Gasteiger partial charge in [-0.05, 0) is 18.1 Å². The SMILES string of the molecule is COC(CN)CC(=O)NCc1cccc(CN2CCOC(C)C2)c1. The number of benzene rings is 1. The monoisotopic (exact) mass is 335 g/mol. The normalized spacial score (nSPS) is 19.9. The summed E-state index contributed by atoms with van der Waals surface area (Å²) >= 11 is 0. The Bertz CT molecular complexity index is 520. The van der Waals surface area contributed by atoms with Crippen LogP contribution in [-0.4, -0.2) is 56.4 Å². The van der Waals surface area contributed by atoms with Gasteiger partial charge in [0.2, 0.25) is 5.91 Å². The summed E-state index contributed by atoms with van der Waals surface area (Å²) in [7, 11) is 1.57. The van der Waals surface area contributed by atoms with Gasteiger partial charge in [0.1, 0.15) is 0 Å². The third kappa shape index (κ3) is 6.20. The van der Waals surface area contributed by atoms with Crippen LogP contribution in [0.4, 0.5) is 0 Å². The molecule has 6 nitrogen and oxygen atoms in total. The number of nitrogens with zero attached hydrogens (tertiary/aromatic N) is 1. The van der Waals surface area contributed by atoms with Gasteiger partial charge in [-0.1, -0.05) is 24.3 Å². The molecule has 1 aromatic rings. The van der Waals surface area contributed by atoms with Crippen molar-refractivity contribution in [1.82, 2.24) is 10.2 Å². The number of nitrogens with one attached hydrogen (secondary N) is 1. The summed E-state index contributed by atoms with van der Waals surface area (Å²) in [5.74, 6) is -0.0419. The summed E-state index contributed by atoms with van der Waals surface area (Å²) in [6.07, 6.45) is 0.357. The Kier molecular flexibility index (Phi) is 7.65. The van der Waals surface area contributed by atoms with Crippen LogP contribution in [0.15, 0.2) is 24.3 Å². The molecule has 1 aliphatic rings. The number of hydrogen-bond acceptors (Lipinski definition) is 5. The van der Waals surface area contributed by atoms with Crippen molar-refractivity contribution in [2.45, 2.75) is 38.6 Å². The van der Waals surface area contributed by atoms with Gasteiger partial charge in [-0.15, -0.1) is 0 Å². The fraction of sp³-hybridized carbons (Fsp3) is 0.611. The number of rotatable bonds is 8. The molecule has 6 heteroatoms. The largest absolute Gasteiger partial charge is 0.380 e. The van der Waals surface area contributed by atoms with Crippen molar-refractivity contribution in [3.8, 4) is 0 Å². The smallest absolute Gasteiger partial charge is 0.222 e. The maximum Gasteiger partial charge on any atom is 0.222 e. The molecule has 2 rings (SSSR count). The van der Waals surface area contributed by atoms with E-state index in [1.54, 1.807) is 7.11 Å². The number of hydrogen-bond donors (Lipinski definition) is 2. The Labute approximate surface area is 144 Å². The van der Waals surface area contributed by atoms with E-state index in [4.69, 9.17) is 15.2 Å². The van der Waals surface area contributed by atoms with Gasteiger partial charge in [0.25, 0.3) is 0 Å². The second-order valence-electron chi connectivity index (χ2n) is 6.31. The first-order chi connectivity index (χ1) is 11.6. The Morgan fingerprint density at radius 3 is 3.00 bits per heavy atom. The van der Waals surface area contributed by atoms with E-state index in [-0.39, 0.29) is 18.1 Å². The minimum Gasteiger partial charge on any atom is -0.380 e. The van der Waals surface area contributed by atoms with Crippen molar-refractivity contribution in [2.75, 3.05) is 33.4 Å². The molecule has 1 fully saturated rings. The summed E-state index contributed by atoms with van der Waals surface area (Å²) in [5, 5.41) is 2.93. The molecule has 0 saturated carbocycles. The summed E-state index contributed by atoms with van der Waals surface area (Å²) in [5.41, 5.74) is 7.90. The molecule has 1 heterocycles. The number of amides is 1. The standard InChI is InChI=1S/C18H29N3O3/c1-14-12-21(6-7-24-14)13-16-5-3-4-15(8-16)11-20-18(22)9-17(10-19)23-2/h3-5,8,14,17H,6-7,9-13,19H2,1-2H3,(H,20,22). The molecule has 2 atom stereocenters. The Morgan fingerprint density at radius 2 is 2.29 bits per heavy atom. The zero-order valence-electron chi connectivity index (χ0n) is 14.7. The predicted molar refractivity (Wildman–Crippen MR) is 93.4 cm³/mol. The lowest BCUT2D eigenvalue weighted by Crippen LogP contribution is -2.40. The minimum atomic E-state index is -0.223. The molecule has 134 valence electrons. The highest BCUT2D eigenvalue weighted by atomic mass is 16.5. The summed E-state index contributed by atoms with van der Waals surface area (Å²) in [6, 6.07) is 8.35. The summed E-state index contributed by atoms with van der Waals surface area (Å²) in [6.45, 7) is 6.59. The van der Waals surface area contributed by atoms with Crippen molar-refractivity contribution in [2.24, 2.45) is 5.73 Å². The van der Waals surface area contributed by atoms with Gasteiger partial charge in [-0.2, -0.15) is 0 Å². The molecule has 24 heavy (non-hydrogen) atoms. The average molecular weight is 335 g/mol. The highest BCUT2D eigenvalue weighted by Gasteiger charge is 2.16. The van der Waals surface area contributed by atoms with E-state index < -0.39 is 0 Å². The topological polar surface area (TPSA) is 76.8 Å². The quantitative estimate of drug-likeness (QED) is 0.738. The van der Waals surface area contributed by atoms with Crippen LogP contribution in [0.2, 0.25) is 0 Å². The van der Waals surface area contributed by atoms with Gasteiger partial charge in [0.05, 0.1) is 25.2 Å². The third-order valence-corrected chi connectivity index (χ3v) is 4.22. The lowest BCUT2D eigenvalue weighted by molar-refractivity contribution is -0.123. The van der Waals surface area contributed by atoms with Crippen LogP contribution < -0.4 is 11.1 Å². The van der Waals surface area contributed by atoms with Crippen molar-refractivity contribution >= 4 is 5.91 Å². The molecule has 0 aromatic heterocycles. The second kappa shape index (κ2) is 9.74. The Balaban J connectivity index is 1.82. The predicted octanol–water partition coefficient (Wildman–Crippen LogP) is 0.887. The molecule has 0 aliphatic carbocycles. The van der Waals surface area contributed by atoms with Crippen molar-refractivity contribution in [3.05, 3.63) is 35.4 Å². The molecule has 1 aromatic carbocycles. The number of carbonyl (C=O) groups excluding carboxylic acids is 1. The molecule has 3 N–H and O–H groups in total. The van der Waals surface area contributed by atoms with Crippen LogP contribution in [-0.2, 0) is 27.4 Å². The highest BCUT2D eigenvalue weighted by Crippen LogP contribution is 2.12. The van der Waals surface area contributed by atoms with Gasteiger partial charge in [0.15, 0.2) is 0 Å². The molecule has 1 saturated heterocycles. The molecule has 1 amide bonds. The molecule has 1 aliphatic heterocycles. The minimum absolute atomic E-state index is 0.0419. The van der Waals surface area contributed by atoms with E-state index in [1.807, 2.05) is 12.1 Å². The number of methoxy groups -OCH3 is 1. The number of morpholine rings is 1. The van der Waals surface area contributed by atoms with E-state index in [2.05, 4.69) is 29.3 Å². The first kappa shape index (κ1) is 18.9. The van der Waals surface area contributed by atoms with Crippen LogP contribution >= 0.6 is 0 Å². The van der Waals surface area contributed by atoms with E-state index in [9.17, 15) is 4.79 Å². The lowest BCUT2D eigenvalue weighted by Gasteiger charge is -2.31. The summed E-state index contributed by atoms with van der Waals surface area (Å²) in [4.78, 5) is 14.3. The van der Waals surface area contributed by atoms with E-state index in [0.29, 0.717) is 19.5 Å². The zero-order chi connectivity index (χ0) is 17.4. The number of carbonyl (C=O) groups is 1. The second-order valence-corrected chi connectivity index (χ2v) is 6.31. The maximum atomic E-state index is 11.9. The first-order valence-corrected chi connectivity index (χ1v) is 8.52. The number of nitrogens with two attached hydrogens (primary N) is 1. The highest BCUT2D eigenvalue weighted by molar-refractivity contribution is 5.76. The fourth-order valence-electron chi connectivity index (χ4n) is 2.87. The van der Waals surface area contributed by atoms with Gasteiger partial charge in [-0.25, -0.2) is 0 Å². The zero-order valence-corrected chi connectivity index (χ0v) is 14.7. The maximum absolute atomic E-state index is 11.9. The van der Waals surface area contributed by atoms with Crippen molar-refractivity contribution < 1.29 is 14.3 Å². The van der Waals surface area contributed by atoms with Gasteiger partial charge in [0, 0.05) is 39.8 Å². The summed E-state index contributed by atoms with van der Waals surface area (Å²) < 4.78 is 10.7. The molecule has 0 bridgehead atoms. The van der Waals surface area contributed by atoms with Gasteiger partial charge in [-0.3, -0.25) is 9.69 Å². The fourth-order valence-corrected chi connectivity index (χ4v) is 2.87. The van der Waals surface area contributed by atoms with Crippen LogP contribution in [0.25, 0.3) is 0 Å². The third-order valence-electron chi connectivity index (χ3n) is 4.22. The van der Waals surface area contributed by atoms with Crippen LogP contribution in [0, 0.1) is 0 Å². The van der Waals surface area contributed by atoms with Crippen LogP contribution in [0.1, 0.15) is 24.5 Å². The molecule has 2 unspecified atom stereocenters. The molecule has 0 radical (unpaired) electrons. The molecular formula is C18H29N3O3. The van der Waals surface area contributed by atoms with Gasteiger partial charge >= 0.3 is 0 Å². The molecular weight excluding hydrogens is 306 g/mol. The van der Waals surface area contributed by atoms with Crippen molar-refractivity contribution in [1.29, 1.82) is 0 Å². The molecule has 0 spiro atoms. The Morgan fingerprint density at radius 1 is 1.50 bits per heavy atom. The van der Waals surface area contributed by atoms with E-state index in [0.717, 1.165) is 31.8 Å². The van der Waals surface area contributed by atoms with Gasteiger partial charge < -0.3 is 20.5 Å². The first-order valence-electron chi connectivity index (χ1n) is 8.52. The van der Waals surface area contributed by atoms with E-state index >= 15 is 0 Å². The van der Waals surface area contributed by atoms with Crippen LogP contribution in [0.5, 0.6) is 0 Å². The Hall–Kier alpha value is -1.47. The van der Waals surface area contributed by atoms with Crippen molar-refractivity contribution in [3.63, 3.8) is 0 Å². The lowest BCUT2D eigenvalue weighted by atomic mass is 10.1. The van der Waals surface area contributed by atoms with E-state index in [1.165, 1.54) is 5.56 Å². The van der Waals surface area contributed by atoms with Crippen LogP contribution in [0.3, 0.4) is 0 Å².